The van der Waals surface area contributed by atoms with Gasteiger partial charge in [-0.15, -0.1) is 0 Å². The van der Waals surface area contributed by atoms with Crippen LogP contribution in [0, 0.1) is 5.82 Å². The molecule has 1 aliphatic heterocycles. The first-order valence-corrected chi connectivity index (χ1v) is 10.3. The third kappa shape index (κ3) is 7.55. The molecule has 0 aliphatic carbocycles. The first kappa shape index (κ1) is 25.2. The van der Waals surface area contributed by atoms with Gasteiger partial charge in [-0.25, -0.2) is 9.18 Å². The smallest absolute Gasteiger partial charge is 1.00 e. The van der Waals surface area contributed by atoms with Crippen LogP contribution < -0.4 is 15.0 Å². The first-order chi connectivity index (χ1) is 14.4. The minimum Gasteiger partial charge on any atom is -1.00 e. The summed E-state index contributed by atoms with van der Waals surface area (Å²) < 4.78 is 24.4. The van der Waals surface area contributed by atoms with Gasteiger partial charge in [0, 0.05) is 31.3 Å². The number of anilines is 2. The van der Waals surface area contributed by atoms with Crippen molar-refractivity contribution in [2.75, 3.05) is 36.5 Å². The fraction of sp³-hybridized carbons (Fsp3) is 0.435. The number of nitrogens with zero attached hydrogens (tertiary/aromatic N) is 1. The molecule has 1 heterocycles. The van der Waals surface area contributed by atoms with E-state index in [1.807, 2.05) is 38.1 Å². The number of halogens is 1. The van der Waals surface area contributed by atoms with E-state index in [-0.39, 0.29) is 37.8 Å². The minimum atomic E-state index is -0.946. The summed E-state index contributed by atoms with van der Waals surface area (Å²) in [7, 11) is 0. The molecule has 2 aromatic carbocycles. The molecule has 1 aliphatic rings. The van der Waals surface area contributed by atoms with Crippen molar-refractivity contribution < 1.29 is 26.6 Å². The Labute approximate surface area is 201 Å². The standard InChI is InChI=1S/C23H29FN2O4.Mg.2H/c1-16(2)30-22(23(27)28)14-17-4-7-19(8-5-17)25-10-3-11-26-12-13-29-21-15-18(24)6-9-20(21)26;;;/h4-9,15-16,22,25H,3,10-14H2,1-2H3,(H,27,28);;;/q;+2;2*-1. The Balaban J connectivity index is 0.00000341. The molecule has 2 N–H and O–H groups in total. The molecule has 0 spiro atoms. The Morgan fingerprint density at radius 2 is 2.03 bits per heavy atom. The molecule has 8 heteroatoms. The second-order valence-corrected chi connectivity index (χ2v) is 7.64. The van der Waals surface area contributed by atoms with Crippen molar-refractivity contribution in [1.82, 2.24) is 0 Å². The van der Waals surface area contributed by atoms with Crippen molar-refractivity contribution in [1.29, 1.82) is 0 Å². The van der Waals surface area contributed by atoms with E-state index in [1.54, 1.807) is 6.07 Å². The van der Waals surface area contributed by atoms with E-state index in [4.69, 9.17) is 9.47 Å². The van der Waals surface area contributed by atoms with Crippen molar-refractivity contribution in [3.05, 3.63) is 53.8 Å². The Morgan fingerprint density at radius 3 is 2.71 bits per heavy atom. The topological polar surface area (TPSA) is 71.0 Å². The van der Waals surface area contributed by atoms with Crippen LogP contribution in [0.3, 0.4) is 0 Å². The van der Waals surface area contributed by atoms with E-state index in [2.05, 4.69) is 10.2 Å². The van der Waals surface area contributed by atoms with Crippen molar-refractivity contribution in [2.45, 2.75) is 38.9 Å². The molecule has 0 radical (unpaired) electrons. The van der Waals surface area contributed by atoms with Crippen LogP contribution in [0.5, 0.6) is 5.75 Å². The molecule has 166 valence electrons. The van der Waals surface area contributed by atoms with Crippen LogP contribution in [-0.2, 0) is 16.0 Å². The molecule has 3 rings (SSSR count). The van der Waals surface area contributed by atoms with Gasteiger partial charge in [0.2, 0.25) is 0 Å². The van der Waals surface area contributed by atoms with E-state index in [1.165, 1.54) is 12.1 Å². The van der Waals surface area contributed by atoms with Gasteiger partial charge in [-0.1, -0.05) is 12.1 Å². The zero-order chi connectivity index (χ0) is 21.5. The maximum absolute atomic E-state index is 13.4. The molecule has 1 atom stereocenters. The first-order valence-electron chi connectivity index (χ1n) is 10.3. The van der Waals surface area contributed by atoms with Crippen molar-refractivity contribution >= 4 is 40.4 Å². The molecule has 0 aromatic heterocycles. The number of hydrogen-bond acceptors (Lipinski definition) is 5. The number of hydrogen-bond donors (Lipinski definition) is 2. The number of aliphatic carboxylic acids is 1. The SMILES string of the molecule is CC(C)OC(Cc1ccc(NCCCN2CCOc3cc(F)ccc32)cc1)C(=O)O.[H-].[H-].[Mg+2]. The Morgan fingerprint density at radius 1 is 1.29 bits per heavy atom. The zero-order valence-electron chi connectivity index (χ0n) is 20.1. The average molecular weight is 443 g/mol. The summed E-state index contributed by atoms with van der Waals surface area (Å²) in [4.78, 5) is 13.5. The van der Waals surface area contributed by atoms with Gasteiger partial charge in [0.25, 0.3) is 0 Å². The van der Waals surface area contributed by atoms with Crippen LogP contribution in [0.4, 0.5) is 15.8 Å². The van der Waals surface area contributed by atoms with E-state index in [9.17, 15) is 14.3 Å². The molecule has 1 unspecified atom stereocenters. The Bertz CT molecular complexity index is 859. The van der Waals surface area contributed by atoms with Gasteiger partial charge in [0.1, 0.15) is 18.2 Å². The van der Waals surface area contributed by atoms with E-state index in [0.717, 1.165) is 43.0 Å². The van der Waals surface area contributed by atoms with Crippen LogP contribution >= 0.6 is 0 Å². The van der Waals surface area contributed by atoms with Crippen molar-refractivity contribution in [2.24, 2.45) is 0 Å². The molecular weight excluding hydrogens is 412 g/mol. The maximum Gasteiger partial charge on any atom is 2.00 e. The molecule has 0 fully saturated rings. The number of rotatable bonds is 10. The molecule has 0 bridgehead atoms. The molecule has 0 saturated carbocycles. The minimum absolute atomic E-state index is 0. The van der Waals surface area contributed by atoms with Gasteiger partial charge in [-0.2, -0.15) is 0 Å². The summed E-state index contributed by atoms with van der Waals surface area (Å²) in [5.41, 5.74) is 2.84. The fourth-order valence-electron chi connectivity index (χ4n) is 3.48. The molecule has 2 aromatic rings. The summed E-state index contributed by atoms with van der Waals surface area (Å²) in [6.07, 6.45) is 0.283. The van der Waals surface area contributed by atoms with Gasteiger partial charge in [-0.3, -0.25) is 0 Å². The summed E-state index contributed by atoms with van der Waals surface area (Å²) in [5.74, 6) is -0.629. The van der Waals surface area contributed by atoms with Crippen LogP contribution in [0.25, 0.3) is 0 Å². The molecular formula is C23H31FMgN2O4. The zero-order valence-corrected chi connectivity index (χ0v) is 19.6. The van der Waals surface area contributed by atoms with Gasteiger partial charge < -0.3 is 27.7 Å². The number of fused-ring (bicyclic) bond motifs is 1. The molecule has 31 heavy (non-hydrogen) atoms. The third-order valence-electron chi connectivity index (χ3n) is 4.90. The number of carboxylic acids is 1. The van der Waals surface area contributed by atoms with E-state index in [0.29, 0.717) is 18.8 Å². The number of carbonyl (C=O) groups is 1. The quantitative estimate of drug-likeness (QED) is 0.431. The predicted molar refractivity (Wildman–Crippen MR) is 123 cm³/mol. The van der Waals surface area contributed by atoms with E-state index >= 15 is 0 Å². The van der Waals surface area contributed by atoms with Crippen molar-refractivity contribution in [3.8, 4) is 5.75 Å². The normalized spacial score (nSPS) is 13.7. The van der Waals surface area contributed by atoms with Gasteiger partial charge in [0.05, 0.1) is 18.3 Å². The number of ether oxygens (including phenoxy) is 2. The maximum atomic E-state index is 13.4. The summed E-state index contributed by atoms with van der Waals surface area (Å²) in [5, 5.41) is 12.7. The predicted octanol–water partition coefficient (Wildman–Crippen LogP) is 3.79. The monoisotopic (exact) mass is 442 g/mol. The molecule has 6 nitrogen and oxygen atoms in total. The Hall–Kier alpha value is -2.03. The number of carboxylic acid groups (broad SMARTS) is 1. The summed E-state index contributed by atoms with van der Waals surface area (Å²) in [6, 6.07) is 12.4. The largest absolute Gasteiger partial charge is 2.00 e. The second kappa shape index (κ2) is 12.1. The third-order valence-corrected chi connectivity index (χ3v) is 4.90. The van der Waals surface area contributed by atoms with Gasteiger partial charge in [-0.05, 0) is 50.1 Å². The van der Waals surface area contributed by atoms with Crippen LogP contribution in [0.15, 0.2) is 42.5 Å². The average Bonchev–Trinajstić information content (AvgIpc) is 2.71. The second-order valence-electron chi connectivity index (χ2n) is 7.64. The summed E-state index contributed by atoms with van der Waals surface area (Å²) in [6.45, 7) is 6.65. The molecule has 0 amide bonds. The van der Waals surface area contributed by atoms with Gasteiger partial charge >= 0.3 is 29.0 Å². The van der Waals surface area contributed by atoms with Crippen LogP contribution in [0.1, 0.15) is 28.7 Å². The fourth-order valence-corrected chi connectivity index (χ4v) is 3.48. The van der Waals surface area contributed by atoms with E-state index < -0.39 is 12.1 Å². The number of benzene rings is 2. The molecule has 0 saturated heterocycles. The number of nitrogens with one attached hydrogen (secondary N) is 1. The Kier molecular flexibility index (Phi) is 9.86. The van der Waals surface area contributed by atoms with Crippen LogP contribution in [0.2, 0.25) is 0 Å². The van der Waals surface area contributed by atoms with Gasteiger partial charge in [0.15, 0.2) is 6.10 Å². The van der Waals surface area contributed by atoms with Crippen LogP contribution in [-0.4, -0.2) is 72.6 Å². The summed E-state index contributed by atoms with van der Waals surface area (Å²) >= 11 is 0. The van der Waals surface area contributed by atoms with Crippen molar-refractivity contribution in [3.63, 3.8) is 0 Å².